The maximum absolute atomic E-state index is 13.8. The van der Waals surface area contributed by atoms with E-state index in [1.165, 1.54) is 6.42 Å². The second-order valence-corrected chi connectivity index (χ2v) is 11.2. The number of ether oxygens (including phenoxy) is 1. The second kappa shape index (κ2) is 13.8. The van der Waals surface area contributed by atoms with Gasteiger partial charge >= 0.3 is 0 Å². The van der Waals surface area contributed by atoms with Crippen LogP contribution in [0.3, 0.4) is 0 Å². The van der Waals surface area contributed by atoms with Gasteiger partial charge < -0.3 is 15.0 Å². The molecule has 2 amide bonds. The summed E-state index contributed by atoms with van der Waals surface area (Å²) in [6.45, 7) is 2.00. The van der Waals surface area contributed by atoms with Gasteiger partial charge in [0.15, 0.2) is 6.61 Å². The lowest BCUT2D eigenvalue weighted by atomic mass is 9.94. The first-order chi connectivity index (χ1) is 18.4. The Hall–Kier alpha value is -2.83. The Labute approximate surface area is 238 Å². The Morgan fingerprint density at radius 1 is 1.00 bits per heavy atom. The first-order valence-corrected chi connectivity index (χ1v) is 14.3. The molecule has 5 nitrogen and oxygen atoms in total. The number of nitrogens with one attached hydrogen (secondary N) is 1. The quantitative estimate of drug-likeness (QED) is 0.277. The molecule has 0 spiro atoms. The van der Waals surface area contributed by atoms with E-state index < -0.39 is 6.04 Å². The van der Waals surface area contributed by atoms with Crippen LogP contribution in [0.15, 0.2) is 77.3 Å². The van der Waals surface area contributed by atoms with Crippen molar-refractivity contribution in [3.63, 3.8) is 0 Å². The number of aryl methyl sites for hydroxylation is 1. The average Bonchev–Trinajstić information content (AvgIpc) is 2.92. The first-order valence-electron chi connectivity index (χ1n) is 13.2. The standard InChI is InChI=1S/C31H34BrClN2O3/c1-22-17-27(15-16-28(22)33)38-21-30(36)35(20-24-11-8-12-25(32)18-24)29(19-23-9-4-2-5-10-23)31(37)34-26-13-6-3-7-14-26/h2,4-5,8-12,15-18,26,29H,3,6-7,13-14,19-21H2,1H3,(H,34,37). The largest absolute Gasteiger partial charge is 0.484 e. The van der Waals surface area contributed by atoms with Crippen molar-refractivity contribution < 1.29 is 14.3 Å². The fourth-order valence-electron chi connectivity index (χ4n) is 4.87. The Balaban J connectivity index is 1.61. The summed E-state index contributed by atoms with van der Waals surface area (Å²) in [5.74, 6) is 0.192. The fourth-order valence-corrected chi connectivity index (χ4v) is 5.43. The zero-order valence-corrected chi connectivity index (χ0v) is 24.0. The highest BCUT2D eigenvalue weighted by atomic mass is 79.9. The van der Waals surface area contributed by atoms with Crippen LogP contribution in [0.2, 0.25) is 5.02 Å². The van der Waals surface area contributed by atoms with Gasteiger partial charge in [-0.05, 0) is 66.8 Å². The van der Waals surface area contributed by atoms with Crippen molar-refractivity contribution in [1.29, 1.82) is 0 Å². The number of carbonyl (C=O) groups is 2. The Bertz CT molecular complexity index is 1230. The number of carbonyl (C=O) groups excluding carboxylic acids is 2. The molecular formula is C31H34BrClN2O3. The van der Waals surface area contributed by atoms with Crippen LogP contribution in [-0.4, -0.2) is 35.4 Å². The molecule has 1 unspecified atom stereocenters. The van der Waals surface area contributed by atoms with Crippen LogP contribution in [0.1, 0.15) is 48.8 Å². The van der Waals surface area contributed by atoms with E-state index in [0.29, 0.717) is 17.2 Å². The third kappa shape index (κ3) is 8.08. The molecule has 0 aromatic heterocycles. The van der Waals surface area contributed by atoms with Crippen LogP contribution < -0.4 is 10.1 Å². The average molecular weight is 598 g/mol. The van der Waals surface area contributed by atoms with E-state index >= 15 is 0 Å². The van der Waals surface area contributed by atoms with E-state index in [1.807, 2.05) is 67.6 Å². The lowest BCUT2D eigenvalue weighted by Gasteiger charge is -2.33. The van der Waals surface area contributed by atoms with E-state index in [4.69, 9.17) is 16.3 Å². The zero-order chi connectivity index (χ0) is 26.9. The molecule has 4 rings (SSSR count). The Morgan fingerprint density at radius 3 is 2.45 bits per heavy atom. The molecule has 1 aliphatic rings. The molecule has 0 bridgehead atoms. The molecule has 200 valence electrons. The molecule has 1 aliphatic carbocycles. The predicted molar refractivity (Wildman–Crippen MR) is 155 cm³/mol. The SMILES string of the molecule is Cc1cc(OCC(=O)N(Cc2cccc(Br)c2)C(Cc2ccccc2)C(=O)NC2CCCCC2)ccc1Cl. The third-order valence-corrected chi connectivity index (χ3v) is 7.87. The predicted octanol–water partition coefficient (Wildman–Crippen LogP) is 6.88. The van der Waals surface area contributed by atoms with Gasteiger partial charge in [0.05, 0.1) is 0 Å². The van der Waals surface area contributed by atoms with Crippen molar-refractivity contribution in [2.24, 2.45) is 0 Å². The van der Waals surface area contributed by atoms with Crippen molar-refractivity contribution in [2.45, 2.75) is 64.1 Å². The van der Waals surface area contributed by atoms with Gasteiger partial charge in [-0.3, -0.25) is 9.59 Å². The minimum atomic E-state index is -0.679. The fraction of sp³-hybridized carbons (Fsp3) is 0.355. The van der Waals surface area contributed by atoms with Crippen LogP contribution >= 0.6 is 27.5 Å². The minimum absolute atomic E-state index is 0.119. The minimum Gasteiger partial charge on any atom is -0.484 e. The topological polar surface area (TPSA) is 58.6 Å². The molecule has 0 heterocycles. The highest BCUT2D eigenvalue weighted by Gasteiger charge is 2.32. The van der Waals surface area contributed by atoms with Crippen molar-refractivity contribution in [3.05, 3.63) is 99.0 Å². The first kappa shape index (κ1) is 28.2. The maximum Gasteiger partial charge on any atom is 0.261 e. The number of amides is 2. The number of hydrogen-bond acceptors (Lipinski definition) is 3. The van der Waals surface area contributed by atoms with Gasteiger partial charge in [0, 0.05) is 28.5 Å². The summed E-state index contributed by atoms with van der Waals surface area (Å²) >= 11 is 9.68. The highest BCUT2D eigenvalue weighted by molar-refractivity contribution is 9.10. The lowest BCUT2D eigenvalue weighted by molar-refractivity contribution is -0.143. The number of benzene rings is 3. The van der Waals surface area contributed by atoms with E-state index in [2.05, 4.69) is 21.2 Å². The number of halogens is 2. The van der Waals surface area contributed by atoms with Gasteiger partial charge in [-0.15, -0.1) is 0 Å². The summed E-state index contributed by atoms with van der Waals surface area (Å²) in [5.41, 5.74) is 2.80. The van der Waals surface area contributed by atoms with Crippen LogP contribution in [-0.2, 0) is 22.6 Å². The van der Waals surface area contributed by atoms with Crippen molar-refractivity contribution >= 4 is 39.3 Å². The van der Waals surface area contributed by atoms with E-state index in [0.717, 1.165) is 46.8 Å². The normalized spacial score (nSPS) is 14.5. The Morgan fingerprint density at radius 2 is 1.74 bits per heavy atom. The molecule has 38 heavy (non-hydrogen) atoms. The molecule has 0 radical (unpaired) electrons. The van der Waals surface area contributed by atoms with Crippen LogP contribution in [0.4, 0.5) is 0 Å². The summed E-state index contributed by atoms with van der Waals surface area (Å²) in [7, 11) is 0. The number of rotatable bonds is 10. The van der Waals surface area contributed by atoms with E-state index in [-0.39, 0.29) is 31.0 Å². The molecule has 1 N–H and O–H groups in total. The maximum atomic E-state index is 13.8. The van der Waals surface area contributed by atoms with Crippen LogP contribution in [0, 0.1) is 6.92 Å². The summed E-state index contributed by atoms with van der Waals surface area (Å²) in [5, 5.41) is 3.90. The van der Waals surface area contributed by atoms with Gasteiger partial charge in [0.1, 0.15) is 11.8 Å². The van der Waals surface area contributed by atoms with Crippen molar-refractivity contribution in [2.75, 3.05) is 6.61 Å². The molecular weight excluding hydrogens is 564 g/mol. The van der Waals surface area contributed by atoms with E-state index in [9.17, 15) is 9.59 Å². The Kier molecular flexibility index (Phi) is 10.2. The molecule has 1 atom stereocenters. The molecule has 0 saturated heterocycles. The summed E-state index contributed by atoms with van der Waals surface area (Å²) in [6.07, 6.45) is 5.80. The van der Waals surface area contributed by atoms with E-state index in [1.54, 1.807) is 17.0 Å². The lowest BCUT2D eigenvalue weighted by Crippen LogP contribution is -2.53. The van der Waals surface area contributed by atoms with Gasteiger partial charge in [-0.25, -0.2) is 0 Å². The van der Waals surface area contributed by atoms with Crippen molar-refractivity contribution in [1.82, 2.24) is 10.2 Å². The van der Waals surface area contributed by atoms with Crippen LogP contribution in [0.5, 0.6) is 5.75 Å². The van der Waals surface area contributed by atoms with Crippen LogP contribution in [0.25, 0.3) is 0 Å². The number of nitrogens with zero attached hydrogens (tertiary/aromatic N) is 1. The smallest absolute Gasteiger partial charge is 0.261 e. The monoisotopic (exact) mass is 596 g/mol. The van der Waals surface area contributed by atoms with Gasteiger partial charge in [0.2, 0.25) is 5.91 Å². The van der Waals surface area contributed by atoms with Gasteiger partial charge in [-0.2, -0.15) is 0 Å². The summed E-state index contributed by atoms with van der Waals surface area (Å²) in [6, 6.07) is 22.5. The van der Waals surface area contributed by atoms with Gasteiger partial charge in [-0.1, -0.05) is 89.3 Å². The summed E-state index contributed by atoms with van der Waals surface area (Å²) in [4.78, 5) is 29.2. The molecule has 7 heteroatoms. The van der Waals surface area contributed by atoms with Gasteiger partial charge in [0.25, 0.3) is 5.91 Å². The van der Waals surface area contributed by atoms with Crippen molar-refractivity contribution in [3.8, 4) is 5.75 Å². The molecule has 3 aromatic rings. The molecule has 0 aliphatic heterocycles. The number of hydrogen-bond donors (Lipinski definition) is 1. The second-order valence-electron chi connectivity index (χ2n) is 9.90. The zero-order valence-electron chi connectivity index (χ0n) is 21.7. The summed E-state index contributed by atoms with van der Waals surface area (Å²) < 4.78 is 6.80. The molecule has 3 aromatic carbocycles. The molecule has 1 saturated carbocycles. The third-order valence-electron chi connectivity index (χ3n) is 6.96. The molecule has 1 fully saturated rings. The highest BCUT2D eigenvalue weighted by Crippen LogP contribution is 2.23.